The smallest absolute Gasteiger partial charge is 0.130 e. The molecule has 1 heterocycles. The van der Waals surface area contributed by atoms with Crippen molar-refractivity contribution < 1.29 is 8.78 Å². The van der Waals surface area contributed by atoms with Gasteiger partial charge in [-0.25, -0.2) is 8.78 Å². The van der Waals surface area contributed by atoms with Crippen molar-refractivity contribution >= 4 is 0 Å². The van der Waals surface area contributed by atoms with Gasteiger partial charge in [-0.15, -0.1) is 0 Å². The predicted octanol–water partition coefficient (Wildman–Crippen LogP) is 3.37. The molecule has 108 valence electrons. The third-order valence-electron chi connectivity index (χ3n) is 3.51. The van der Waals surface area contributed by atoms with Gasteiger partial charge >= 0.3 is 0 Å². The normalized spacial score (nSPS) is 14.2. The molecule has 2 aromatic rings. The standard InChI is InChI=1S/C15H19F2N3/c1-3-10(2)20-8-7-11(19-20)9-14(18)15-12(16)5-4-6-13(15)17/h4-8,10,14H,3,9,18H2,1-2H3. The van der Waals surface area contributed by atoms with Crippen LogP contribution in [-0.2, 0) is 6.42 Å². The summed E-state index contributed by atoms with van der Waals surface area (Å²) in [6, 6.07) is 5.16. The van der Waals surface area contributed by atoms with Crippen LogP contribution in [0.15, 0.2) is 30.5 Å². The highest BCUT2D eigenvalue weighted by Gasteiger charge is 2.18. The molecule has 1 aromatic carbocycles. The maximum atomic E-state index is 13.6. The Kier molecular flexibility index (Phi) is 4.49. The third kappa shape index (κ3) is 3.04. The molecular formula is C15H19F2N3. The maximum absolute atomic E-state index is 13.6. The number of rotatable bonds is 5. The van der Waals surface area contributed by atoms with Gasteiger partial charge in [-0.2, -0.15) is 5.10 Å². The van der Waals surface area contributed by atoms with E-state index in [0.717, 1.165) is 12.1 Å². The minimum Gasteiger partial charge on any atom is -0.323 e. The highest BCUT2D eigenvalue weighted by atomic mass is 19.1. The Morgan fingerprint density at radius 2 is 1.90 bits per heavy atom. The molecule has 0 bridgehead atoms. The Labute approximate surface area is 117 Å². The summed E-state index contributed by atoms with van der Waals surface area (Å²) < 4.78 is 29.1. The van der Waals surface area contributed by atoms with Crippen LogP contribution in [0.1, 0.15) is 43.6 Å². The molecule has 0 aliphatic carbocycles. The van der Waals surface area contributed by atoms with Crippen molar-refractivity contribution in [3.05, 3.63) is 53.4 Å². The molecule has 0 radical (unpaired) electrons. The molecule has 0 saturated heterocycles. The summed E-state index contributed by atoms with van der Waals surface area (Å²) in [5, 5.41) is 4.40. The van der Waals surface area contributed by atoms with E-state index in [1.807, 2.05) is 16.9 Å². The Balaban J connectivity index is 2.15. The van der Waals surface area contributed by atoms with Gasteiger partial charge < -0.3 is 5.73 Å². The lowest BCUT2D eigenvalue weighted by molar-refractivity contribution is 0.469. The first-order valence-corrected chi connectivity index (χ1v) is 6.76. The first kappa shape index (κ1) is 14.7. The Morgan fingerprint density at radius 1 is 1.25 bits per heavy atom. The van der Waals surface area contributed by atoms with E-state index >= 15 is 0 Å². The highest BCUT2D eigenvalue weighted by molar-refractivity contribution is 5.24. The van der Waals surface area contributed by atoms with Crippen LogP contribution in [-0.4, -0.2) is 9.78 Å². The van der Waals surface area contributed by atoms with E-state index in [0.29, 0.717) is 12.5 Å². The van der Waals surface area contributed by atoms with E-state index in [-0.39, 0.29) is 5.56 Å². The van der Waals surface area contributed by atoms with Crippen LogP contribution in [0.2, 0.25) is 0 Å². The summed E-state index contributed by atoms with van der Waals surface area (Å²) in [7, 11) is 0. The van der Waals surface area contributed by atoms with E-state index in [4.69, 9.17) is 5.73 Å². The summed E-state index contributed by atoms with van der Waals surface area (Å²) in [5.41, 5.74) is 6.58. The summed E-state index contributed by atoms with van der Waals surface area (Å²) in [6.07, 6.45) is 3.14. The minimum absolute atomic E-state index is 0.0782. The molecule has 2 unspecified atom stereocenters. The monoisotopic (exact) mass is 279 g/mol. The Morgan fingerprint density at radius 3 is 2.50 bits per heavy atom. The van der Waals surface area contributed by atoms with Crippen LogP contribution in [0, 0.1) is 11.6 Å². The Bertz CT molecular complexity index is 560. The second-order valence-corrected chi connectivity index (χ2v) is 4.99. The first-order chi connectivity index (χ1) is 9.52. The molecule has 0 fully saturated rings. The highest BCUT2D eigenvalue weighted by Crippen LogP contribution is 2.22. The van der Waals surface area contributed by atoms with E-state index in [1.165, 1.54) is 18.2 Å². The lowest BCUT2D eigenvalue weighted by Crippen LogP contribution is -2.17. The zero-order valence-electron chi connectivity index (χ0n) is 11.7. The van der Waals surface area contributed by atoms with Crippen LogP contribution < -0.4 is 5.73 Å². The number of benzene rings is 1. The van der Waals surface area contributed by atoms with Gasteiger partial charge in [0, 0.05) is 30.3 Å². The zero-order chi connectivity index (χ0) is 14.7. The van der Waals surface area contributed by atoms with Gasteiger partial charge in [0.25, 0.3) is 0 Å². The molecule has 2 rings (SSSR count). The first-order valence-electron chi connectivity index (χ1n) is 6.76. The minimum atomic E-state index is -0.739. The summed E-state index contributed by atoms with van der Waals surface area (Å²) >= 11 is 0. The quantitative estimate of drug-likeness (QED) is 0.912. The van der Waals surface area contributed by atoms with Gasteiger partial charge in [-0.05, 0) is 31.5 Å². The predicted molar refractivity (Wildman–Crippen MR) is 74.2 cm³/mol. The van der Waals surface area contributed by atoms with Crippen LogP contribution in [0.3, 0.4) is 0 Å². The number of halogens is 2. The largest absolute Gasteiger partial charge is 0.323 e. The topological polar surface area (TPSA) is 43.8 Å². The fraction of sp³-hybridized carbons (Fsp3) is 0.400. The molecule has 20 heavy (non-hydrogen) atoms. The molecular weight excluding hydrogens is 260 g/mol. The van der Waals surface area contributed by atoms with E-state index in [2.05, 4.69) is 18.9 Å². The van der Waals surface area contributed by atoms with E-state index < -0.39 is 17.7 Å². The van der Waals surface area contributed by atoms with E-state index in [1.54, 1.807) is 0 Å². The van der Waals surface area contributed by atoms with Gasteiger partial charge in [0.2, 0.25) is 0 Å². The van der Waals surface area contributed by atoms with Crippen molar-refractivity contribution in [3.8, 4) is 0 Å². The lowest BCUT2D eigenvalue weighted by atomic mass is 10.0. The SMILES string of the molecule is CCC(C)n1ccc(CC(N)c2c(F)cccc2F)n1. The van der Waals surface area contributed by atoms with Crippen molar-refractivity contribution in [1.82, 2.24) is 9.78 Å². The summed E-state index contributed by atoms with van der Waals surface area (Å²) in [4.78, 5) is 0. The maximum Gasteiger partial charge on any atom is 0.130 e. The molecule has 0 aliphatic rings. The second kappa shape index (κ2) is 6.13. The number of aromatic nitrogens is 2. The van der Waals surface area contributed by atoms with Crippen LogP contribution in [0.5, 0.6) is 0 Å². The van der Waals surface area contributed by atoms with Gasteiger partial charge in [-0.1, -0.05) is 13.0 Å². The third-order valence-corrected chi connectivity index (χ3v) is 3.51. The van der Waals surface area contributed by atoms with Crippen LogP contribution >= 0.6 is 0 Å². The number of nitrogens with two attached hydrogens (primary N) is 1. The molecule has 2 atom stereocenters. The van der Waals surface area contributed by atoms with Crippen LogP contribution in [0.4, 0.5) is 8.78 Å². The van der Waals surface area contributed by atoms with Gasteiger partial charge in [0.15, 0.2) is 0 Å². The van der Waals surface area contributed by atoms with Gasteiger partial charge in [0.05, 0.1) is 5.69 Å². The number of hydrogen-bond acceptors (Lipinski definition) is 2. The van der Waals surface area contributed by atoms with Crippen molar-refractivity contribution in [2.45, 2.75) is 38.8 Å². The average molecular weight is 279 g/mol. The average Bonchev–Trinajstić information content (AvgIpc) is 2.86. The molecule has 0 saturated carbocycles. The Hall–Kier alpha value is -1.75. The molecule has 0 amide bonds. The van der Waals surface area contributed by atoms with E-state index in [9.17, 15) is 8.78 Å². The van der Waals surface area contributed by atoms with Crippen molar-refractivity contribution in [1.29, 1.82) is 0 Å². The zero-order valence-corrected chi connectivity index (χ0v) is 11.7. The van der Waals surface area contributed by atoms with Gasteiger partial charge in [0.1, 0.15) is 11.6 Å². The molecule has 1 aromatic heterocycles. The summed E-state index contributed by atoms with van der Waals surface area (Å²) in [6.45, 7) is 4.14. The molecule has 0 aliphatic heterocycles. The molecule has 0 spiro atoms. The number of nitrogens with zero attached hydrogens (tertiary/aromatic N) is 2. The van der Waals surface area contributed by atoms with Crippen LogP contribution in [0.25, 0.3) is 0 Å². The van der Waals surface area contributed by atoms with Crippen molar-refractivity contribution in [2.24, 2.45) is 5.73 Å². The molecule has 2 N–H and O–H groups in total. The van der Waals surface area contributed by atoms with Crippen molar-refractivity contribution in [3.63, 3.8) is 0 Å². The fourth-order valence-electron chi connectivity index (χ4n) is 2.11. The van der Waals surface area contributed by atoms with Crippen molar-refractivity contribution in [2.75, 3.05) is 0 Å². The molecule has 5 heteroatoms. The van der Waals surface area contributed by atoms with Gasteiger partial charge in [-0.3, -0.25) is 4.68 Å². The molecule has 3 nitrogen and oxygen atoms in total. The lowest BCUT2D eigenvalue weighted by Gasteiger charge is -2.13. The fourth-order valence-corrected chi connectivity index (χ4v) is 2.11. The number of hydrogen-bond donors (Lipinski definition) is 1. The second-order valence-electron chi connectivity index (χ2n) is 4.99. The summed E-state index contributed by atoms with van der Waals surface area (Å²) in [5.74, 6) is -1.22.